The first-order valence-electron chi connectivity index (χ1n) is 6.33. The molecule has 0 aromatic heterocycles. The molecule has 0 aromatic rings. The van der Waals surface area contributed by atoms with Gasteiger partial charge in [-0.3, -0.25) is 4.79 Å². The van der Waals surface area contributed by atoms with Crippen molar-refractivity contribution >= 4 is 5.91 Å². The Morgan fingerprint density at radius 1 is 1.27 bits per heavy atom. The summed E-state index contributed by atoms with van der Waals surface area (Å²) in [6, 6.07) is 0.559. The molecule has 0 radical (unpaired) electrons. The molecular weight excluding hydrogens is 188 g/mol. The van der Waals surface area contributed by atoms with E-state index in [9.17, 15) is 4.79 Å². The van der Waals surface area contributed by atoms with Gasteiger partial charge in [-0.2, -0.15) is 0 Å². The van der Waals surface area contributed by atoms with E-state index in [0.717, 1.165) is 13.0 Å². The Kier molecular flexibility index (Phi) is 3.62. The van der Waals surface area contributed by atoms with Gasteiger partial charge in [0.15, 0.2) is 0 Å². The van der Waals surface area contributed by atoms with Crippen LogP contribution in [0.5, 0.6) is 0 Å². The van der Waals surface area contributed by atoms with E-state index in [0.29, 0.717) is 11.9 Å². The van der Waals surface area contributed by atoms with Gasteiger partial charge < -0.3 is 9.80 Å². The van der Waals surface area contributed by atoms with Gasteiger partial charge in [0.25, 0.3) is 0 Å². The maximum Gasteiger partial charge on any atom is 0.224 e. The van der Waals surface area contributed by atoms with E-state index >= 15 is 0 Å². The summed E-state index contributed by atoms with van der Waals surface area (Å²) in [6.45, 7) is 6.88. The number of likely N-dealkylation sites (tertiary alicyclic amines) is 2. The molecule has 0 aromatic carbocycles. The van der Waals surface area contributed by atoms with E-state index in [1.54, 1.807) is 0 Å². The van der Waals surface area contributed by atoms with E-state index in [1.165, 1.54) is 45.3 Å². The van der Waals surface area contributed by atoms with Crippen molar-refractivity contribution in [2.24, 2.45) is 0 Å². The van der Waals surface area contributed by atoms with Crippen molar-refractivity contribution in [2.75, 3.05) is 26.2 Å². The molecule has 0 unspecified atom stereocenters. The minimum atomic E-state index is 0.377. The molecule has 2 rings (SSSR count). The molecule has 2 fully saturated rings. The van der Waals surface area contributed by atoms with Crippen LogP contribution in [-0.4, -0.2) is 47.9 Å². The summed E-state index contributed by atoms with van der Waals surface area (Å²) < 4.78 is 0. The lowest BCUT2D eigenvalue weighted by Crippen LogP contribution is -2.53. The van der Waals surface area contributed by atoms with Crippen LogP contribution in [0.2, 0.25) is 0 Å². The first kappa shape index (κ1) is 10.9. The fraction of sp³-hybridized carbons (Fsp3) is 0.917. The largest absolute Gasteiger partial charge is 0.339 e. The standard InChI is InChI=1S/C12H22N2O/c1-2-3-7-13-8-4-11(5-9-13)14-10-6-12(14)15/h11H,2-10H2,1H3. The minimum absolute atomic E-state index is 0.377. The number of unbranched alkanes of at least 4 members (excludes halogenated alkanes) is 1. The fourth-order valence-corrected chi connectivity index (χ4v) is 2.55. The monoisotopic (exact) mass is 210 g/mol. The number of β-lactam (4-membered cyclic amide) rings is 1. The second-order valence-electron chi connectivity index (χ2n) is 4.76. The predicted octanol–water partition coefficient (Wildman–Crippen LogP) is 1.48. The van der Waals surface area contributed by atoms with Crippen LogP contribution in [0.1, 0.15) is 39.0 Å². The number of carbonyl (C=O) groups is 1. The van der Waals surface area contributed by atoms with E-state index in [4.69, 9.17) is 0 Å². The Morgan fingerprint density at radius 3 is 2.47 bits per heavy atom. The molecule has 0 saturated carbocycles. The second kappa shape index (κ2) is 4.97. The number of piperidine rings is 1. The van der Waals surface area contributed by atoms with Crippen molar-refractivity contribution in [1.82, 2.24) is 9.80 Å². The summed E-state index contributed by atoms with van der Waals surface area (Å²) in [6.07, 6.45) is 5.76. The van der Waals surface area contributed by atoms with Gasteiger partial charge in [-0.15, -0.1) is 0 Å². The van der Waals surface area contributed by atoms with Crippen molar-refractivity contribution in [3.8, 4) is 0 Å². The third kappa shape index (κ3) is 2.51. The number of hydrogen-bond acceptors (Lipinski definition) is 2. The third-order valence-corrected chi connectivity index (χ3v) is 3.71. The van der Waals surface area contributed by atoms with Crippen molar-refractivity contribution < 1.29 is 4.79 Å². The number of amides is 1. The SMILES string of the molecule is CCCCN1CCC(N2CCC2=O)CC1. The van der Waals surface area contributed by atoms with Crippen LogP contribution in [0.4, 0.5) is 0 Å². The van der Waals surface area contributed by atoms with E-state index < -0.39 is 0 Å². The zero-order chi connectivity index (χ0) is 10.7. The summed E-state index contributed by atoms with van der Waals surface area (Å²) in [5.41, 5.74) is 0. The third-order valence-electron chi connectivity index (χ3n) is 3.71. The summed E-state index contributed by atoms with van der Waals surface area (Å²) >= 11 is 0. The summed E-state index contributed by atoms with van der Waals surface area (Å²) in [4.78, 5) is 15.9. The van der Waals surface area contributed by atoms with Gasteiger partial charge in [0, 0.05) is 32.1 Å². The number of hydrogen-bond donors (Lipinski definition) is 0. The van der Waals surface area contributed by atoms with Crippen LogP contribution in [0.25, 0.3) is 0 Å². The average Bonchev–Trinajstić information content (AvgIpc) is 2.26. The molecule has 2 saturated heterocycles. The smallest absolute Gasteiger partial charge is 0.224 e. The van der Waals surface area contributed by atoms with E-state index in [-0.39, 0.29) is 0 Å². The number of rotatable bonds is 4. The lowest BCUT2D eigenvalue weighted by molar-refractivity contribution is -0.144. The molecule has 0 atom stereocenters. The predicted molar refractivity (Wildman–Crippen MR) is 60.7 cm³/mol. The molecule has 2 aliphatic rings. The molecular formula is C12H22N2O. The highest BCUT2D eigenvalue weighted by molar-refractivity contribution is 5.82. The quantitative estimate of drug-likeness (QED) is 0.656. The van der Waals surface area contributed by atoms with Crippen LogP contribution in [-0.2, 0) is 4.79 Å². The van der Waals surface area contributed by atoms with Gasteiger partial charge in [0.2, 0.25) is 5.91 Å². The van der Waals surface area contributed by atoms with Crippen LogP contribution >= 0.6 is 0 Å². The zero-order valence-electron chi connectivity index (χ0n) is 9.74. The van der Waals surface area contributed by atoms with Crippen molar-refractivity contribution in [3.05, 3.63) is 0 Å². The van der Waals surface area contributed by atoms with Gasteiger partial charge in [0.1, 0.15) is 0 Å². The highest BCUT2D eigenvalue weighted by Gasteiger charge is 2.32. The summed E-state index contributed by atoms with van der Waals surface area (Å²) in [5.74, 6) is 0.377. The van der Waals surface area contributed by atoms with Gasteiger partial charge in [-0.25, -0.2) is 0 Å². The lowest BCUT2D eigenvalue weighted by atomic mass is 9.99. The summed E-state index contributed by atoms with van der Waals surface area (Å²) in [7, 11) is 0. The first-order valence-corrected chi connectivity index (χ1v) is 6.33. The average molecular weight is 210 g/mol. The van der Waals surface area contributed by atoms with Crippen LogP contribution in [0.3, 0.4) is 0 Å². The van der Waals surface area contributed by atoms with Gasteiger partial charge in [-0.05, 0) is 25.8 Å². The molecule has 2 heterocycles. The Hall–Kier alpha value is -0.570. The second-order valence-corrected chi connectivity index (χ2v) is 4.76. The van der Waals surface area contributed by atoms with E-state index in [2.05, 4.69) is 16.7 Å². The molecule has 0 spiro atoms. The highest BCUT2D eigenvalue weighted by atomic mass is 16.2. The summed E-state index contributed by atoms with van der Waals surface area (Å²) in [5, 5.41) is 0. The molecule has 1 amide bonds. The van der Waals surface area contributed by atoms with Crippen LogP contribution in [0.15, 0.2) is 0 Å². The molecule has 3 heteroatoms. The van der Waals surface area contributed by atoms with Crippen molar-refractivity contribution in [1.29, 1.82) is 0 Å². The number of carbonyl (C=O) groups excluding carboxylic acids is 1. The Balaban J connectivity index is 1.70. The van der Waals surface area contributed by atoms with Gasteiger partial charge in [0.05, 0.1) is 0 Å². The lowest BCUT2D eigenvalue weighted by Gasteiger charge is -2.42. The Labute approximate surface area is 92.4 Å². The molecule has 15 heavy (non-hydrogen) atoms. The normalized spacial score (nSPS) is 24.3. The first-order chi connectivity index (χ1) is 7.31. The maximum atomic E-state index is 11.3. The molecule has 2 aliphatic heterocycles. The van der Waals surface area contributed by atoms with Crippen molar-refractivity contribution in [3.63, 3.8) is 0 Å². The fourth-order valence-electron chi connectivity index (χ4n) is 2.55. The molecule has 86 valence electrons. The Morgan fingerprint density at radius 2 is 2.00 bits per heavy atom. The maximum absolute atomic E-state index is 11.3. The minimum Gasteiger partial charge on any atom is -0.339 e. The molecule has 0 N–H and O–H groups in total. The highest BCUT2D eigenvalue weighted by Crippen LogP contribution is 2.22. The molecule has 0 aliphatic carbocycles. The van der Waals surface area contributed by atoms with Crippen LogP contribution in [0, 0.1) is 0 Å². The Bertz CT molecular complexity index is 222. The van der Waals surface area contributed by atoms with Crippen LogP contribution < -0.4 is 0 Å². The number of nitrogens with zero attached hydrogens (tertiary/aromatic N) is 2. The zero-order valence-corrected chi connectivity index (χ0v) is 9.74. The molecule has 3 nitrogen and oxygen atoms in total. The van der Waals surface area contributed by atoms with E-state index in [1.807, 2.05) is 0 Å². The molecule has 0 bridgehead atoms. The van der Waals surface area contributed by atoms with Gasteiger partial charge >= 0.3 is 0 Å². The van der Waals surface area contributed by atoms with Gasteiger partial charge in [-0.1, -0.05) is 13.3 Å². The van der Waals surface area contributed by atoms with Crippen molar-refractivity contribution in [2.45, 2.75) is 45.1 Å². The topological polar surface area (TPSA) is 23.6 Å².